The van der Waals surface area contributed by atoms with Crippen LogP contribution in [0.2, 0.25) is 0 Å². The van der Waals surface area contributed by atoms with Crippen LogP contribution in [-0.4, -0.2) is 16.8 Å². The third-order valence-electron chi connectivity index (χ3n) is 2.95. The van der Waals surface area contributed by atoms with Gasteiger partial charge in [-0.25, -0.2) is 0 Å². The molecule has 2 N–H and O–H groups in total. The first-order chi connectivity index (χ1) is 8.74. The van der Waals surface area contributed by atoms with Crippen LogP contribution in [0.15, 0.2) is 18.2 Å². The van der Waals surface area contributed by atoms with Crippen LogP contribution >= 0.6 is 0 Å². The highest BCUT2D eigenvalue weighted by Gasteiger charge is 2.02. The molecule has 0 atom stereocenters. The van der Waals surface area contributed by atoms with Gasteiger partial charge in [-0.15, -0.1) is 0 Å². The quantitative estimate of drug-likeness (QED) is 0.511. The Morgan fingerprint density at radius 1 is 0.944 bits per heavy atom. The summed E-state index contributed by atoms with van der Waals surface area (Å²) >= 11 is 0. The van der Waals surface area contributed by atoms with Gasteiger partial charge in [0, 0.05) is 6.07 Å². The van der Waals surface area contributed by atoms with E-state index in [1.165, 1.54) is 50.3 Å². The molecule has 1 aromatic rings. The van der Waals surface area contributed by atoms with E-state index in [0.29, 0.717) is 12.4 Å². The molecule has 0 aliphatic carbocycles. The molecule has 1 aromatic carbocycles. The normalized spacial score (nSPS) is 10.5. The van der Waals surface area contributed by atoms with Gasteiger partial charge in [0.25, 0.3) is 0 Å². The van der Waals surface area contributed by atoms with Crippen LogP contribution in [0.25, 0.3) is 0 Å². The van der Waals surface area contributed by atoms with E-state index in [4.69, 9.17) is 4.74 Å². The molecule has 0 saturated heterocycles. The molecule has 0 saturated carbocycles. The minimum Gasteiger partial charge on any atom is -0.508 e. The Morgan fingerprint density at radius 3 is 2.33 bits per heavy atom. The summed E-state index contributed by atoms with van der Waals surface area (Å²) in [6, 6.07) is 4.32. The van der Waals surface area contributed by atoms with Crippen LogP contribution < -0.4 is 4.74 Å². The number of unbranched alkanes of at least 4 members (excludes halogenated alkanes) is 6. The minimum absolute atomic E-state index is 0.0794. The molecule has 102 valence electrons. The molecule has 0 radical (unpaired) electrons. The van der Waals surface area contributed by atoms with Crippen molar-refractivity contribution < 1.29 is 14.9 Å². The molecule has 1 rings (SSSR count). The third-order valence-corrected chi connectivity index (χ3v) is 2.95. The Kier molecular flexibility index (Phi) is 7.07. The number of aromatic hydroxyl groups is 2. The maximum atomic E-state index is 9.50. The van der Waals surface area contributed by atoms with Crippen molar-refractivity contribution in [1.29, 1.82) is 0 Å². The van der Waals surface area contributed by atoms with Crippen LogP contribution in [0.4, 0.5) is 0 Å². The lowest BCUT2D eigenvalue weighted by atomic mass is 10.1. The minimum atomic E-state index is 0.0794. The van der Waals surface area contributed by atoms with Crippen LogP contribution in [0.1, 0.15) is 51.9 Å². The maximum Gasteiger partial charge on any atom is 0.164 e. The van der Waals surface area contributed by atoms with Crippen molar-refractivity contribution in [2.75, 3.05) is 6.61 Å². The molecule has 0 fully saturated rings. The molecule has 3 nitrogen and oxygen atoms in total. The fraction of sp³-hybridized carbons (Fsp3) is 0.600. The fourth-order valence-electron chi connectivity index (χ4n) is 1.86. The van der Waals surface area contributed by atoms with E-state index < -0.39 is 0 Å². The molecule has 0 unspecified atom stereocenters. The number of hydrogen-bond donors (Lipinski definition) is 2. The SMILES string of the molecule is CCCCCCCCCOc1cc(O)ccc1O. The summed E-state index contributed by atoms with van der Waals surface area (Å²) < 4.78 is 5.44. The highest BCUT2D eigenvalue weighted by atomic mass is 16.5. The van der Waals surface area contributed by atoms with Crippen molar-refractivity contribution in [1.82, 2.24) is 0 Å². The van der Waals surface area contributed by atoms with Gasteiger partial charge < -0.3 is 14.9 Å². The fourth-order valence-corrected chi connectivity index (χ4v) is 1.86. The van der Waals surface area contributed by atoms with Gasteiger partial charge in [0.2, 0.25) is 0 Å². The lowest BCUT2D eigenvalue weighted by Crippen LogP contribution is -1.97. The van der Waals surface area contributed by atoms with Gasteiger partial charge in [-0.1, -0.05) is 45.4 Å². The molecule has 0 amide bonds. The first-order valence-electron chi connectivity index (χ1n) is 6.89. The number of benzene rings is 1. The Labute approximate surface area is 109 Å². The summed E-state index contributed by atoms with van der Waals surface area (Å²) in [5.41, 5.74) is 0. The van der Waals surface area contributed by atoms with Gasteiger partial charge in [-0.05, 0) is 18.6 Å². The average Bonchev–Trinajstić information content (AvgIpc) is 2.36. The van der Waals surface area contributed by atoms with Crippen molar-refractivity contribution in [2.45, 2.75) is 51.9 Å². The predicted octanol–water partition coefficient (Wildman–Crippen LogP) is 4.23. The van der Waals surface area contributed by atoms with Gasteiger partial charge in [0.1, 0.15) is 5.75 Å². The van der Waals surface area contributed by atoms with Crippen molar-refractivity contribution in [3.63, 3.8) is 0 Å². The van der Waals surface area contributed by atoms with Crippen LogP contribution in [0.5, 0.6) is 17.2 Å². The summed E-state index contributed by atoms with van der Waals surface area (Å²) in [4.78, 5) is 0. The Bertz CT molecular complexity index is 337. The van der Waals surface area contributed by atoms with Crippen molar-refractivity contribution in [3.05, 3.63) is 18.2 Å². The van der Waals surface area contributed by atoms with Gasteiger partial charge in [0.15, 0.2) is 11.5 Å². The van der Waals surface area contributed by atoms with E-state index >= 15 is 0 Å². The number of phenols is 2. The van der Waals surface area contributed by atoms with E-state index in [1.807, 2.05) is 0 Å². The highest BCUT2D eigenvalue weighted by molar-refractivity contribution is 5.43. The predicted molar refractivity (Wildman–Crippen MR) is 73.3 cm³/mol. The standard InChI is InChI=1S/C15H24O3/c1-2-3-4-5-6-7-8-11-18-15-12-13(16)9-10-14(15)17/h9-10,12,16-17H,2-8,11H2,1H3. The molecule has 0 heterocycles. The lowest BCUT2D eigenvalue weighted by Gasteiger charge is -2.08. The maximum absolute atomic E-state index is 9.50. The van der Waals surface area contributed by atoms with Gasteiger partial charge >= 0.3 is 0 Å². The van der Waals surface area contributed by atoms with Crippen LogP contribution in [0, 0.1) is 0 Å². The summed E-state index contributed by atoms with van der Waals surface area (Å²) in [5.74, 6) is 0.555. The monoisotopic (exact) mass is 252 g/mol. The molecule has 0 aromatic heterocycles. The number of phenolic OH excluding ortho intramolecular Hbond substituents is 2. The van der Waals surface area contributed by atoms with E-state index in [1.54, 1.807) is 0 Å². The van der Waals surface area contributed by atoms with Crippen molar-refractivity contribution in [3.8, 4) is 17.2 Å². The van der Waals surface area contributed by atoms with Gasteiger partial charge in [-0.2, -0.15) is 0 Å². The van der Waals surface area contributed by atoms with E-state index in [-0.39, 0.29) is 11.5 Å². The summed E-state index contributed by atoms with van der Waals surface area (Å²) in [5, 5.41) is 18.8. The number of ether oxygens (including phenoxy) is 1. The first-order valence-corrected chi connectivity index (χ1v) is 6.89. The molecule has 0 bridgehead atoms. The molecule has 3 heteroatoms. The smallest absolute Gasteiger partial charge is 0.164 e. The van der Waals surface area contributed by atoms with E-state index in [2.05, 4.69) is 6.92 Å². The zero-order valence-electron chi connectivity index (χ0n) is 11.2. The second-order valence-electron chi connectivity index (χ2n) is 4.62. The first kappa shape index (κ1) is 14.7. The second kappa shape index (κ2) is 8.67. The van der Waals surface area contributed by atoms with E-state index in [9.17, 15) is 10.2 Å². The summed E-state index contributed by atoms with van der Waals surface area (Å²) in [6.07, 6.45) is 8.61. The topological polar surface area (TPSA) is 49.7 Å². The molecule has 0 aliphatic rings. The molecule has 0 aliphatic heterocycles. The largest absolute Gasteiger partial charge is 0.508 e. The zero-order chi connectivity index (χ0) is 13.2. The lowest BCUT2D eigenvalue weighted by molar-refractivity contribution is 0.287. The molecular weight excluding hydrogens is 228 g/mol. The Hall–Kier alpha value is -1.38. The van der Waals surface area contributed by atoms with Crippen molar-refractivity contribution in [2.24, 2.45) is 0 Å². The Morgan fingerprint density at radius 2 is 1.61 bits per heavy atom. The molecule has 18 heavy (non-hydrogen) atoms. The number of rotatable bonds is 9. The van der Waals surface area contributed by atoms with Gasteiger partial charge in [0.05, 0.1) is 6.61 Å². The molecule has 0 spiro atoms. The highest BCUT2D eigenvalue weighted by Crippen LogP contribution is 2.29. The van der Waals surface area contributed by atoms with Crippen LogP contribution in [-0.2, 0) is 0 Å². The number of hydrogen-bond acceptors (Lipinski definition) is 3. The average molecular weight is 252 g/mol. The third kappa shape index (κ3) is 5.80. The van der Waals surface area contributed by atoms with Gasteiger partial charge in [-0.3, -0.25) is 0 Å². The Balaban J connectivity index is 2.09. The van der Waals surface area contributed by atoms with Crippen LogP contribution in [0.3, 0.4) is 0 Å². The molecular formula is C15H24O3. The van der Waals surface area contributed by atoms with Crippen molar-refractivity contribution >= 4 is 0 Å². The zero-order valence-corrected chi connectivity index (χ0v) is 11.2. The van der Waals surface area contributed by atoms with E-state index in [0.717, 1.165) is 12.8 Å². The summed E-state index contributed by atoms with van der Waals surface area (Å²) in [7, 11) is 0. The summed E-state index contributed by atoms with van der Waals surface area (Å²) in [6.45, 7) is 2.81. The second-order valence-corrected chi connectivity index (χ2v) is 4.62.